The van der Waals surface area contributed by atoms with Crippen molar-refractivity contribution < 1.29 is 13.9 Å². The van der Waals surface area contributed by atoms with Crippen molar-refractivity contribution in [1.29, 1.82) is 0 Å². The molecule has 6 heteroatoms. The Morgan fingerprint density at radius 1 is 1.53 bits per heavy atom. The molecule has 2 aliphatic rings. The van der Waals surface area contributed by atoms with E-state index in [9.17, 15) is 4.39 Å². The van der Waals surface area contributed by atoms with E-state index in [0.717, 1.165) is 23.6 Å². The number of guanidine groups is 1. The molecule has 0 saturated heterocycles. The number of hydrogen-bond acceptors (Lipinski definition) is 5. The maximum absolute atomic E-state index is 13.5. The third-order valence-electron chi connectivity index (χ3n) is 3.10. The summed E-state index contributed by atoms with van der Waals surface area (Å²) in [6.45, 7) is 3.88. The maximum atomic E-state index is 13.5. The Bertz CT molecular complexity index is 519. The fraction of sp³-hybridized carbons (Fsp3) is 0.462. The molecule has 2 heterocycles. The van der Waals surface area contributed by atoms with E-state index in [1.807, 2.05) is 0 Å². The summed E-state index contributed by atoms with van der Waals surface area (Å²) >= 11 is 0. The average molecular weight is 265 g/mol. The Morgan fingerprint density at radius 3 is 3.21 bits per heavy atom. The molecular weight excluding hydrogens is 249 g/mol. The quantitative estimate of drug-likeness (QED) is 0.841. The van der Waals surface area contributed by atoms with Crippen LogP contribution in [-0.4, -0.2) is 25.3 Å². The van der Waals surface area contributed by atoms with E-state index in [1.54, 1.807) is 0 Å². The van der Waals surface area contributed by atoms with Crippen LogP contribution in [0.5, 0.6) is 5.75 Å². The lowest BCUT2D eigenvalue weighted by molar-refractivity contribution is -0.0172. The molecular formula is C13H16FN3O2. The van der Waals surface area contributed by atoms with E-state index >= 15 is 0 Å². The van der Waals surface area contributed by atoms with Crippen LogP contribution in [0.1, 0.15) is 18.1 Å². The molecule has 0 fully saturated rings. The zero-order valence-corrected chi connectivity index (χ0v) is 10.7. The molecule has 2 N–H and O–H groups in total. The lowest BCUT2D eigenvalue weighted by Gasteiger charge is -2.21. The second kappa shape index (κ2) is 5.05. The summed E-state index contributed by atoms with van der Waals surface area (Å²) in [7, 11) is 0. The van der Waals surface area contributed by atoms with Gasteiger partial charge in [0.25, 0.3) is 0 Å². The average Bonchev–Trinajstić information content (AvgIpc) is 2.81. The van der Waals surface area contributed by atoms with Crippen molar-refractivity contribution >= 4 is 5.96 Å². The molecule has 2 aliphatic heterocycles. The van der Waals surface area contributed by atoms with Gasteiger partial charge in [0.15, 0.2) is 12.8 Å². The van der Waals surface area contributed by atoms with Gasteiger partial charge in [-0.15, -0.1) is 0 Å². The highest BCUT2D eigenvalue weighted by Gasteiger charge is 2.18. The number of hydrogen-bond donors (Lipinski definition) is 2. The van der Waals surface area contributed by atoms with Gasteiger partial charge in [-0.3, -0.25) is 4.99 Å². The number of fused-ring (bicyclic) bond motifs is 1. The SMILES string of the molecule is CC1CN=C(NCc2cc(F)cc3c2OCOC3)N1. The second-order valence-electron chi connectivity index (χ2n) is 4.75. The predicted molar refractivity (Wildman–Crippen MR) is 68.4 cm³/mol. The standard InChI is InChI=1S/C13H16FN3O2/c1-8-4-15-13(17-8)16-5-9-2-11(14)3-10-6-18-7-19-12(9)10/h2-3,8H,4-7H2,1H3,(H2,15,16,17). The lowest BCUT2D eigenvalue weighted by atomic mass is 10.1. The van der Waals surface area contributed by atoms with E-state index < -0.39 is 0 Å². The molecule has 0 spiro atoms. The van der Waals surface area contributed by atoms with E-state index in [0.29, 0.717) is 24.9 Å². The van der Waals surface area contributed by atoms with Gasteiger partial charge in [-0.05, 0) is 19.1 Å². The van der Waals surface area contributed by atoms with Gasteiger partial charge in [-0.25, -0.2) is 4.39 Å². The molecule has 0 aliphatic carbocycles. The minimum absolute atomic E-state index is 0.210. The Kier molecular flexibility index (Phi) is 3.25. The molecule has 0 bridgehead atoms. The number of nitrogens with zero attached hydrogens (tertiary/aromatic N) is 1. The number of benzene rings is 1. The highest BCUT2D eigenvalue weighted by molar-refractivity contribution is 5.81. The molecule has 19 heavy (non-hydrogen) atoms. The first kappa shape index (κ1) is 12.2. The zero-order chi connectivity index (χ0) is 13.2. The van der Waals surface area contributed by atoms with Crippen LogP contribution < -0.4 is 15.4 Å². The molecule has 0 amide bonds. The summed E-state index contributed by atoms with van der Waals surface area (Å²) in [5.41, 5.74) is 1.53. The van der Waals surface area contributed by atoms with Gasteiger partial charge < -0.3 is 20.1 Å². The van der Waals surface area contributed by atoms with Gasteiger partial charge in [0.1, 0.15) is 11.6 Å². The fourth-order valence-electron chi connectivity index (χ4n) is 2.23. The second-order valence-corrected chi connectivity index (χ2v) is 4.75. The number of ether oxygens (including phenoxy) is 2. The summed E-state index contributed by atoms with van der Waals surface area (Å²) in [5, 5.41) is 6.36. The van der Waals surface area contributed by atoms with E-state index in [-0.39, 0.29) is 12.6 Å². The van der Waals surface area contributed by atoms with Gasteiger partial charge in [0.05, 0.1) is 13.2 Å². The van der Waals surface area contributed by atoms with Crippen LogP contribution in [0.4, 0.5) is 4.39 Å². The number of halogens is 1. The summed E-state index contributed by atoms with van der Waals surface area (Å²) in [6.07, 6.45) is 0. The Labute approximate surface area is 110 Å². The topological polar surface area (TPSA) is 54.9 Å². The lowest BCUT2D eigenvalue weighted by Crippen LogP contribution is -2.37. The number of aliphatic imine (C=N–C) groups is 1. The van der Waals surface area contributed by atoms with Crippen molar-refractivity contribution in [3.63, 3.8) is 0 Å². The Morgan fingerprint density at radius 2 is 2.42 bits per heavy atom. The summed E-state index contributed by atoms with van der Waals surface area (Å²) < 4.78 is 24.1. The molecule has 1 aromatic rings. The van der Waals surface area contributed by atoms with Gasteiger partial charge in [-0.1, -0.05) is 0 Å². The maximum Gasteiger partial charge on any atom is 0.191 e. The Balaban J connectivity index is 1.75. The monoisotopic (exact) mass is 265 g/mol. The normalized spacial score (nSPS) is 21.2. The van der Waals surface area contributed by atoms with Crippen molar-refractivity contribution in [2.24, 2.45) is 4.99 Å². The Hall–Kier alpha value is -1.82. The van der Waals surface area contributed by atoms with Crippen molar-refractivity contribution in [2.75, 3.05) is 13.3 Å². The van der Waals surface area contributed by atoms with Crippen LogP contribution in [0.15, 0.2) is 17.1 Å². The smallest absolute Gasteiger partial charge is 0.191 e. The molecule has 3 rings (SSSR count). The van der Waals surface area contributed by atoms with E-state index in [4.69, 9.17) is 9.47 Å². The van der Waals surface area contributed by atoms with Crippen molar-refractivity contribution in [2.45, 2.75) is 26.1 Å². The molecule has 1 atom stereocenters. The number of rotatable bonds is 2. The molecule has 0 saturated carbocycles. The molecule has 1 unspecified atom stereocenters. The summed E-state index contributed by atoms with van der Waals surface area (Å²) in [4.78, 5) is 4.30. The highest BCUT2D eigenvalue weighted by Crippen LogP contribution is 2.29. The van der Waals surface area contributed by atoms with Gasteiger partial charge in [0, 0.05) is 23.7 Å². The van der Waals surface area contributed by atoms with Crippen molar-refractivity contribution in [3.05, 3.63) is 29.1 Å². The summed E-state index contributed by atoms with van der Waals surface area (Å²) in [5.74, 6) is 1.18. The first-order valence-corrected chi connectivity index (χ1v) is 6.29. The molecule has 1 aromatic carbocycles. The highest BCUT2D eigenvalue weighted by atomic mass is 19.1. The van der Waals surface area contributed by atoms with Crippen molar-refractivity contribution in [3.8, 4) is 5.75 Å². The van der Waals surface area contributed by atoms with E-state index in [2.05, 4.69) is 22.5 Å². The first-order chi connectivity index (χ1) is 9.22. The van der Waals surface area contributed by atoms with Crippen molar-refractivity contribution in [1.82, 2.24) is 10.6 Å². The van der Waals surface area contributed by atoms with Gasteiger partial charge in [-0.2, -0.15) is 0 Å². The molecule has 5 nitrogen and oxygen atoms in total. The fourth-order valence-corrected chi connectivity index (χ4v) is 2.23. The number of nitrogens with one attached hydrogen (secondary N) is 2. The third-order valence-corrected chi connectivity index (χ3v) is 3.10. The van der Waals surface area contributed by atoms with Crippen LogP contribution in [-0.2, 0) is 17.9 Å². The van der Waals surface area contributed by atoms with Gasteiger partial charge in [0.2, 0.25) is 0 Å². The van der Waals surface area contributed by atoms with Crippen LogP contribution in [0.25, 0.3) is 0 Å². The predicted octanol–water partition coefficient (Wildman–Crippen LogP) is 1.13. The molecule has 0 radical (unpaired) electrons. The van der Waals surface area contributed by atoms with Crippen LogP contribution >= 0.6 is 0 Å². The van der Waals surface area contributed by atoms with Crippen LogP contribution in [0.2, 0.25) is 0 Å². The zero-order valence-electron chi connectivity index (χ0n) is 10.7. The molecule has 0 aromatic heterocycles. The van der Waals surface area contributed by atoms with Crippen LogP contribution in [0, 0.1) is 5.82 Å². The minimum atomic E-state index is -0.278. The first-order valence-electron chi connectivity index (χ1n) is 6.29. The van der Waals surface area contributed by atoms with Crippen LogP contribution in [0.3, 0.4) is 0 Å². The molecule has 102 valence electrons. The summed E-state index contributed by atoms with van der Waals surface area (Å²) in [6, 6.07) is 3.27. The van der Waals surface area contributed by atoms with Gasteiger partial charge >= 0.3 is 0 Å². The van der Waals surface area contributed by atoms with E-state index in [1.165, 1.54) is 12.1 Å². The minimum Gasteiger partial charge on any atom is -0.467 e. The largest absolute Gasteiger partial charge is 0.467 e. The third kappa shape index (κ3) is 2.63.